The lowest BCUT2D eigenvalue weighted by Gasteiger charge is -2.28. The van der Waals surface area contributed by atoms with Crippen LogP contribution in [0.1, 0.15) is 19.0 Å². The molecule has 3 rings (SSSR count). The van der Waals surface area contributed by atoms with E-state index in [1.165, 1.54) is 0 Å². The zero-order chi connectivity index (χ0) is 16.9. The molecule has 126 valence electrons. The monoisotopic (exact) mass is 328 g/mol. The maximum absolute atomic E-state index is 12.3. The highest BCUT2D eigenvalue weighted by Gasteiger charge is 2.20. The van der Waals surface area contributed by atoms with E-state index in [2.05, 4.69) is 10.3 Å². The van der Waals surface area contributed by atoms with E-state index >= 15 is 0 Å². The number of carbonyl (C=O) groups is 2. The lowest BCUT2D eigenvalue weighted by molar-refractivity contribution is -0.134. The Morgan fingerprint density at radius 1 is 1.25 bits per heavy atom. The summed E-state index contributed by atoms with van der Waals surface area (Å²) < 4.78 is 7.60. The van der Waals surface area contributed by atoms with Crippen molar-refractivity contribution in [3.8, 4) is 5.75 Å². The molecule has 0 atom stereocenters. The molecular formula is C17H20N4O3. The molecule has 1 N–H and O–H groups in total. The van der Waals surface area contributed by atoms with Crippen LogP contribution in [0.5, 0.6) is 5.75 Å². The highest BCUT2D eigenvalue weighted by molar-refractivity contribution is 5.90. The zero-order valence-corrected chi connectivity index (χ0v) is 13.6. The third-order valence-electron chi connectivity index (χ3n) is 3.94. The van der Waals surface area contributed by atoms with Crippen LogP contribution in [0, 0.1) is 0 Å². The number of rotatable bonds is 5. The van der Waals surface area contributed by atoms with Crippen LogP contribution < -0.4 is 10.1 Å². The molecule has 1 aromatic heterocycles. The average Bonchev–Trinajstić information content (AvgIpc) is 3.08. The predicted octanol–water partition coefficient (Wildman–Crippen LogP) is 1.65. The molecule has 0 fully saturated rings. The molecule has 0 saturated heterocycles. The smallest absolute Gasteiger partial charge is 0.260 e. The maximum Gasteiger partial charge on any atom is 0.260 e. The molecule has 2 aromatic rings. The topological polar surface area (TPSA) is 76.5 Å². The van der Waals surface area contributed by atoms with E-state index in [9.17, 15) is 9.59 Å². The number of nitrogens with zero attached hydrogens (tertiary/aromatic N) is 3. The van der Waals surface area contributed by atoms with Crippen LogP contribution in [0.15, 0.2) is 36.8 Å². The first-order chi connectivity index (χ1) is 11.7. The van der Waals surface area contributed by atoms with Crippen LogP contribution >= 0.6 is 0 Å². The van der Waals surface area contributed by atoms with Crippen LogP contribution in [0.4, 0.5) is 5.69 Å². The third-order valence-corrected chi connectivity index (χ3v) is 3.94. The fourth-order valence-corrected chi connectivity index (χ4v) is 2.52. The molecule has 0 aliphatic carbocycles. The molecule has 0 radical (unpaired) electrons. The van der Waals surface area contributed by atoms with Crippen molar-refractivity contribution in [1.82, 2.24) is 14.5 Å². The molecular weight excluding hydrogens is 308 g/mol. The van der Waals surface area contributed by atoms with E-state index in [-0.39, 0.29) is 18.4 Å². The van der Waals surface area contributed by atoms with Crippen molar-refractivity contribution in [2.45, 2.75) is 26.4 Å². The fraction of sp³-hybridized carbons (Fsp3) is 0.353. The Hall–Kier alpha value is -2.83. The first-order valence-corrected chi connectivity index (χ1v) is 7.95. The number of carbonyl (C=O) groups excluding carboxylic acids is 2. The van der Waals surface area contributed by atoms with Crippen molar-refractivity contribution in [2.75, 3.05) is 18.5 Å². The largest absolute Gasteiger partial charge is 0.484 e. The molecule has 1 aromatic carbocycles. The molecule has 0 bridgehead atoms. The number of hydrogen-bond donors (Lipinski definition) is 1. The number of benzene rings is 1. The van der Waals surface area contributed by atoms with Gasteiger partial charge in [-0.25, -0.2) is 4.98 Å². The number of aromatic nitrogens is 2. The molecule has 2 amide bonds. The summed E-state index contributed by atoms with van der Waals surface area (Å²) in [5.41, 5.74) is 1.75. The van der Waals surface area contributed by atoms with Crippen LogP contribution in [0.3, 0.4) is 0 Å². The molecule has 0 unspecified atom stereocenters. The Morgan fingerprint density at radius 3 is 2.79 bits per heavy atom. The van der Waals surface area contributed by atoms with Crippen molar-refractivity contribution in [1.29, 1.82) is 0 Å². The Labute approximate surface area is 140 Å². The van der Waals surface area contributed by atoms with Crippen molar-refractivity contribution < 1.29 is 14.3 Å². The Morgan fingerprint density at radius 2 is 2.04 bits per heavy atom. The Bertz CT molecular complexity index is 724. The Kier molecular flexibility index (Phi) is 4.79. The van der Waals surface area contributed by atoms with Gasteiger partial charge in [0.05, 0.1) is 18.6 Å². The molecule has 7 nitrogen and oxygen atoms in total. The van der Waals surface area contributed by atoms with Gasteiger partial charge in [0.25, 0.3) is 5.91 Å². The quantitative estimate of drug-likeness (QED) is 0.905. The molecule has 7 heteroatoms. The number of hydrogen-bond acceptors (Lipinski definition) is 4. The minimum Gasteiger partial charge on any atom is -0.484 e. The van der Waals surface area contributed by atoms with Gasteiger partial charge in [-0.3, -0.25) is 9.59 Å². The van der Waals surface area contributed by atoms with E-state index in [1.54, 1.807) is 48.6 Å². The maximum atomic E-state index is 12.3. The number of amides is 2. The van der Waals surface area contributed by atoms with Crippen molar-refractivity contribution in [2.24, 2.45) is 0 Å². The van der Waals surface area contributed by atoms with Crippen molar-refractivity contribution >= 4 is 17.5 Å². The number of anilines is 1. The van der Waals surface area contributed by atoms with Gasteiger partial charge in [0.2, 0.25) is 5.91 Å². The van der Waals surface area contributed by atoms with Gasteiger partial charge in [-0.05, 0) is 24.3 Å². The summed E-state index contributed by atoms with van der Waals surface area (Å²) in [5.74, 6) is 0.508. The fourth-order valence-electron chi connectivity index (χ4n) is 2.52. The van der Waals surface area contributed by atoms with Crippen molar-refractivity contribution in [3.63, 3.8) is 0 Å². The molecule has 0 saturated carbocycles. The van der Waals surface area contributed by atoms with E-state index in [0.29, 0.717) is 30.9 Å². The van der Waals surface area contributed by atoms with Gasteiger partial charge in [-0.2, -0.15) is 0 Å². The lowest BCUT2D eigenvalue weighted by Crippen LogP contribution is -2.40. The van der Waals surface area contributed by atoms with Gasteiger partial charge < -0.3 is 19.5 Å². The first-order valence-electron chi connectivity index (χ1n) is 7.95. The lowest BCUT2D eigenvalue weighted by atomic mass is 10.3. The summed E-state index contributed by atoms with van der Waals surface area (Å²) in [6.45, 7) is 3.77. The van der Waals surface area contributed by atoms with Gasteiger partial charge in [0.15, 0.2) is 6.61 Å². The summed E-state index contributed by atoms with van der Waals surface area (Å²) in [7, 11) is 0. The van der Waals surface area contributed by atoms with Crippen LogP contribution in [-0.2, 0) is 22.7 Å². The average molecular weight is 328 g/mol. The van der Waals surface area contributed by atoms with Crippen LogP contribution in [0.2, 0.25) is 0 Å². The molecule has 1 aliphatic heterocycles. The number of fused-ring (bicyclic) bond motifs is 1. The van der Waals surface area contributed by atoms with Gasteiger partial charge in [0.1, 0.15) is 5.75 Å². The molecule has 1 aliphatic rings. The standard InChI is InChI=1S/C17H20N4O3/c1-2-16(22)19-13-3-5-15(6-4-13)24-11-17(23)20-7-8-21-12-18-9-14(21)10-20/h3-6,9,12H,2,7-8,10-11H2,1H3,(H,19,22). The van der Waals surface area contributed by atoms with E-state index in [4.69, 9.17) is 4.74 Å². The SMILES string of the molecule is CCC(=O)Nc1ccc(OCC(=O)N2CCn3cncc3C2)cc1. The summed E-state index contributed by atoms with van der Waals surface area (Å²) in [4.78, 5) is 29.5. The number of imidazole rings is 1. The van der Waals surface area contributed by atoms with Gasteiger partial charge in [-0.1, -0.05) is 6.92 Å². The van der Waals surface area contributed by atoms with Crippen molar-refractivity contribution in [3.05, 3.63) is 42.5 Å². The second-order valence-corrected chi connectivity index (χ2v) is 5.61. The van der Waals surface area contributed by atoms with Gasteiger partial charge >= 0.3 is 0 Å². The first kappa shape index (κ1) is 16.0. The van der Waals surface area contributed by atoms with Crippen LogP contribution in [0.25, 0.3) is 0 Å². The minimum atomic E-state index is -0.0502. The summed E-state index contributed by atoms with van der Waals surface area (Å²) in [6.07, 6.45) is 4.00. The highest BCUT2D eigenvalue weighted by Crippen LogP contribution is 2.17. The molecule has 2 heterocycles. The van der Waals surface area contributed by atoms with E-state index in [1.807, 2.05) is 4.57 Å². The Balaban J connectivity index is 1.50. The third kappa shape index (κ3) is 3.73. The second kappa shape index (κ2) is 7.16. The molecule has 0 spiro atoms. The van der Waals surface area contributed by atoms with E-state index in [0.717, 1.165) is 12.2 Å². The highest BCUT2D eigenvalue weighted by atomic mass is 16.5. The predicted molar refractivity (Wildman–Crippen MR) is 88.5 cm³/mol. The normalized spacial score (nSPS) is 13.3. The number of nitrogens with one attached hydrogen (secondary N) is 1. The second-order valence-electron chi connectivity index (χ2n) is 5.61. The zero-order valence-electron chi connectivity index (χ0n) is 13.6. The van der Waals surface area contributed by atoms with Gasteiger partial charge in [0, 0.05) is 31.4 Å². The van der Waals surface area contributed by atoms with Crippen LogP contribution in [-0.4, -0.2) is 39.4 Å². The number of ether oxygens (including phenoxy) is 1. The minimum absolute atomic E-state index is 0.00516. The molecule has 24 heavy (non-hydrogen) atoms. The summed E-state index contributed by atoms with van der Waals surface area (Å²) >= 11 is 0. The van der Waals surface area contributed by atoms with E-state index < -0.39 is 0 Å². The summed E-state index contributed by atoms with van der Waals surface area (Å²) in [5, 5.41) is 2.76. The summed E-state index contributed by atoms with van der Waals surface area (Å²) in [6, 6.07) is 6.99. The van der Waals surface area contributed by atoms with Gasteiger partial charge in [-0.15, -0.1) is 0 Å².